The van der Waals surface area contributed by atoms with Crippen molar-refractivity contribution >= 4 is 5.97 Å². The summed E-state index contributed by atoms with van der Waals surface area (Å²) in [5.41, 5.74) is 4.85. The predicted octanol–water partition coefficient (Wildman–Crippen LogP) is 8.65. The first-order valence-corrected chi connectivity index (χ1v) is 18.7. The fourth-order valence-electron chi connectivity index (χ4n) is 6.60. The van der Waals surface area contributed by atoms with Crippen molar-refractivity contribution in [2.75, 3.05) is 7.11 Å². The van der Waals surface area contributed by atoms with E-state index in [2.05, 4.69) is 0 Å². The molecule has 8 heteroatoms. The van der Waals surface area contributed by atoms with Crippen LogP contribution in [-0.2, 0) is 66.3 Å². The first kappa shape index (κ1) is 38.9. The van der Waals surface area contributed by atoms with Crippen molar-refractivity contribution in [1.82, 2.24) is 0 Å². The van der Waals surface area contributed by atoms with Crippen LogP contribution in [0, 0.1) is 0 Å². The minimum Gasteiger partial charge on any atom is -0.497 e. The van der Waals surface area contributed by atoms with Crippen LogP contribution in [-0.4, -0.2) is 49.7 Å². The van der Waals surface area contributed by atoms with Crippen LogP contribution in [0.4, 0.5) is 0 Å². The van der Waals surface area contributed by atoms with Gasteiger partial charge < -0.3 is 33.2 Å². The van der Waals surface area contributed by atoms with Gasteiger partial charge in [-0.15, -0.1) is 0 Å². The molecule has 5 aromatic rings. The third-order valence-corrected chi connectivity index (χ3v) is 9.41. The van der Waals surface area contributed by atoms with Gasteiger partial charge in [-0.05, 0) is 46.4 Å². The van der Waals surface area contributed by atoms with Gasteiger partial charge in [0.2, 0.25) is 0 Å². The summed E-state index contributed by atoms with van der Waals surface area (Å²) < 4.78 is 46.1. The number of rotatable bonds is 19. The van der Waals surface area contributed by atoms with Crippen molar-refractivity contribution in [3.8, 4) is 5.75 Å². The van der Waals surface area contributed by atoms with Gasteiger partial charge in [-0.3, -0.25) is 4.79 Å². The predicted molar refractivity (Wildman–Crippen MR) is 206 cm³/mol. The average Bonchev–Trinajstić information content (AvgIpc) is 3.22. The highest BCUT2D eigenvalue weighted by atomic mass is 16.6. The maximum Gasteiger partial charge on any atom is 0.306 e. The normalized spacial score (nSPS) is 21.0. The molecule has 8 nitrogen and oxygen atoms in total. The smallest absolute Gasteiger partial charge is 0.306 e. The Bertz CT molecular complexity index is 1790. The Hall–Kier alpha value is -4.83. The second-order valence-electron chi connectivity index (χ2n) is 13.4. The Morgan fingerprint density at radius 3 is 1.02 bits per heavy atom. The van der Waals surface area contributed by atoms with E-state index >= 15 is 0 Å². The quantitative estimate of drug-likeness (QED) is 0.0782. The fraction of sp³-hybridized carbons (Fsp3) is 0.326. The van der Waals surface area contributed by atoms with Crippen molar-refractivity contribution in [3.05, 3.63) is 173 Å². The summed E-state index contributed by atoms with van der Waals surface area (Å²) in [5.74, 6) is 0.398. The lowest BCUT2D eigenvalue weighted by Crippen LogP contribution is -2.67. The lowest BCUT2D eigenvalue weighted by atomic mass is 9.83. The van der Waals surface area contributed by atoms with Gasteiger partial charge in [-0.2, -0.15) is 0 Å². The minimum atomic E-state index is -0.899. The molecule has 1 aliphatic rings. The number of methoxy groups -OCH3 is 1. The highest BCUT2D eigenvalue weighted by Crippen LogP contribution is 2.36. The van der Waals surface area contributed by atoms with Crippen LogP contribution in [0.2, 0.25) is 0 Å². The number of hydrogen-bond donors (Lipinski definition) is 0. The molecule has 0 aromatic heterocycles. The number of benzene rings is 5. The van der Waals surface area contributed by atoms with Crippen molar-refractivity contribution < 1.29 is 38.0 Å². The van der Waals surface area contributed by atoms with Gasteiger partial charge in [-0.1, -0.05) is 140 Å². The van der Waals surface area contributed by atoms with Gasteiger partial charge in [0.15, 0.2) is 6.10 Å². The van der Waals surface area contributed by atoms with E-state index in [9.17, 15) is 4.79 Å². The Balaban J connectivity index is 1.43. The molecule has 0 amide bonds. The average molecular weight is 731 g/mol. The third kappa shape index (κ3) is 11.1. The Labute approximate surface area is 318 Å². The van der Waals surface area contributed by atoms with Crippen molar-refractivity contribution in [2.24, 2.45) is 0 Å². The molecule has 0 bridgehead atoms. The van der Waals surface area contributed by atoms with Crippen molar-refractivity contribution in [1.29, 1.82) is 0 Å². The number of carbonyl (C=O) groups excluding carboxylic acids is 1. The van der Waals surface area contributed by atoms with Crippen LogP contribution < -0.4 is 4.74 Å². The van der Waals surface area contributed by atoms with Gasteiger partial charge in [0, 0.05) is 6.42 Å². The van der Waals surface area contributed by atoms with E-state index in [4.69, 9.17) is 33.2 Å². The summed E-state index contributed by atoms with van der Waals surface area (Å²) >= 11 is 0. The highest BCUT2D eigenvalue weighted by Gasteiger charge is 2.56. The Kier molecular flexibility index (Phi) is 14.8. The lowest BCUT2D eigenvalue weighted by molar-refractivity contribution is -0.286. The van der Waals surface area contributed by atoms with Crippen LogP contribution in [0.1, 0.15) is 47.6 Å². The topological polar surface area (TPSA) is 81.7 Å². The van der Waals surface area contributed by atoms with E-state index in [0.29, 0.717) is 13.0 Å². The molecule has 6 rings (SSSR count). The summed E-state index contributed by atoms with van der Waals surface area (Å²) in [4.78, 5) is 13.5. The van der Waals surface area contributed by atoms with E-state index < -0.39 is 36.6 Å². The lowest BCUT2D eigenvalue weighted by Gasteiger charge is -2.49. The Morgan fingerprint density at radius 1 is 0.426 bits per heavy atom. The van der Waals surface area contributed by atoms with Crippen molar-refractivity contribution in [2.45, 2.75) is 89.4 Å². The molecule has 0 N–H and O–H groups in total. The second kappa shape index (κ2) is 20.6. The zero-order chi connectivity index (χ0) is 37.4. The van der Waals surface area contributed by atoms with Crippen LogP contribution in [0.3, 0.4) is 0 Å². The third-order valence-electron chi connectivity index (χ3n) is 9.41. The fourth-order valence-corrected chi connectivity index (χ4v) is 6.60. The van der Waals surface area contributed by atoms with Crippen LogP contribution in [0.15, 0.2) is 146 Å². The zero-order valence-corrected chi connectivity index (χ0v) is 31.0. The molecule has 1 fully saturated rings. The summed E-state index contributed by atoms with van der Waals surface area (Å²) in [6.45, 7) is 3.27. The first-order valence-electron chi connectivity index (χ1n) is 18.7. The van der Waals surface area contributed by atoms with E-state index in [0.717, 1.165) is 33.6 Å². The maximum absolute atomic E-state index is 13.5. The zero-order valence-electron chi connectivity index (χ0n) is 31.0. The van der Waals surface area contributed by atoms with Gasteiger partial charge in [0.1, 0.15) is 36.3 Å². The van der Waals surface area contributed by atoms with E-state index in [1.807, 2.05) is 153 Å². The number of ether oxygens (including phenoxy) is 7. The Morgan fingerprint density at radius 2 is 0.722 bits per heavy atom. The highest BCUT2D eigenvalue weighted by molar-refractivity contribution is 5.69. The molecule has 0 heterocycles. The molecule has 0 radical (unpaired) electrons. The molecule has 0 aliphatic heterocycles. The van der Waals surface area contributed by atoms with Gasteiger partial charge in [0.25, 0.3) is 0 Å². The molecule has 5 aromatic carbocycles. The van der Waals surface area contributed by atoms with Crippen molar-refractivity contribution in [3.63, 3.8) is 0 Å². The monoisotopic (exact) mass is 730 g/mol. The molecular weight excluding hydrogens is 680 g/mol. The largest absolute Gasteiger partial charge is 0.497 e. The van der Waals surface area contributed by atoms with E-state index in [1.165, 1.54) is 0 Å². The van der Waals surface area contributed by atoms with Gasteiger partial charge in [-0.25, -0.2) is 0 Å². The van der Waals surface area contributed by atoms with E-state index in [-0.39, 0.29) is 38.8 Å². The van der Waals surface area contributed by atoms with E-state index in [1.54, 1.807) is 7.11 Å². The van der Waals surface area contributed by atoms with Gasteiger partial charge >= 0.3 is 5.97 Å². The SMILES string of the molecule is CCCC(=O)O[C@@H]1[C@H](OCc2ccccc2)[C@@H](OCc2ccccc2)[C@H](OCc2ccccc2)[C@@H](OCc2ccccc2)[C@@H]1OCc1ccc(OC)cc1. The maximum atomic E-state index is 13.5. The molecule has 1 saturated carbocycles. The summed E-state index contributed by atoms with van der Waals surface area (Å²) in [6.07, 6.45) is -3.76. The number of carbonyl (C=O) groups is 1. The molecular formula is C46H50O8. The first-order chi connectivity index (χ1) is 26.6. The number of hydrogen-bond acceptors (Lipinski definition) is 8. The molecule has 6 atom stereocenters. The summed E-state index contributed by atoms with van der Waals surface area (Å²) in [6, 6.07) is 47.6. The molecule has 0 saturated heterocycles. The molecule has 1 aliphatic carbocycles. The van der Waals surface area contributed by atoms with Crippen LogP contribution in [0.5, 0.6) is 5.75 Å². The number of esters is 1. The molecule has 0 spiro atoms. The second-order valence-corrected chi connectivity index (χ2v) is 13.4. The van der Waals surface area contributed by atoms with Gasteiger partial charge in [0.05, 0.1) is 40.1 Å². The van der Waals surface area contributed by atoms with Crippen LogP contribution in [0.25, 0.3) is 0 Å². The molecule has 282 valence electrons. The molecule has 54 heavy (non-hydrogen) atoms. The molecule has 0 unspecified atom stereocenters. The summed E-state index contributed by atoms with van der Waals surface area (Å²) in [5, 5.41) is 0. The standard InChI is InChI=1S/C46H50O8/c1-3-16-40(47)54-46-44(52-32-37-23-14-7-15-24-37)42(50-30-35-19-10-5-11-20-35)41(49-29-34-17-8-4-9-18-34)43(51-31-36-21-12-6-13-22-36)45(46)53-33-38-25-27-39(48-2)28-26-38/h4-15,17-28,41-46H,3,16,29-33H2,1-2H3/t41-,42-,43+,44+,45-,46+/m0/s1. The summed E-state index contributed by atoms with van der Waals surface area (Å²) in [7, 11) is 1.64. The minimum absolute atomic E-state index is 0.216. The van der Waals surface area contributed by atoms with Crippen LogP contribution >= 0.6 is 0 Å².